The van der Waals surface area contributed by atoms with Crippen LogP contribution in [0.5, 0.6) is 0 Å². The molecule has 90 valence electrons. The molecule has 3 rings (SSSR count). The molecule has 0 atom stereocenters. The highest BCUT2D eigenvalue weighted by Gasteiger charge is 2.10. The van der Waals surface area contributed by atoms with E-state index in [9.17, 15) is 8.78 Å². The van der Waals surface area contributed by atoms with Gasteiger partial charge in [-0.05, 0) is 30.3 Å². The largest absolute Gasteiger partial charge is 0.398 e. The van der Waals surface area contributed by atoms with Gasteiger partial charge < -0.3 is 5.73 Å². The lowest BCUT2D eigenvalue weighted by Gasteiger charge is -2.01. The van der Waals surface area contributed by atoms with Crippen LogP contribution in [0.3, 0.4) is 0 Å². The molecule has 1 heterocycles. The van der Waals surface area contributed by atoms with Crippen molar-refractivity contribution in [1.82, 2.24) is 4.98 Å². The number of benzene rings is 2. The Kier molecular flexibility index (Phi) is 2.48. The van der Waals surface area contributed by atoms with Crippen molar-refractivity contribution in [2.75, 3.05) is 5.73 Å². The Bertz CT molecular complexity index is 737. The first kappa shape index (κ1) is 11.1. The van der Waals surface area contributed by atoms with Gasteiger partial charge in [-0.3, -0.25) is 0 Å². The van der Waals surface area contributed by atoms with Crippen molar-refractivity contribution in [2.45, 2.75) is 0 Å². The fraction of sp³-hybridized carbons (Fsp3) is 0. The minimum Gasteiger partial charge on any atom is -0.398 e. The third kappa shape index (κ3) is 1.82. The summed E-state index contributed by atoms with van der Waals surface area (Å²) in [5, 5.41) is 0.590. The first-order valence-corrected chi connectivity index (χ1v) is 6.06. The number of nitrogen functional groups attached to an aromatic ring is 1. The number of hydrogen-bond donors (Lipinski definition) is 1. The monoisotopic (exact) mass is 262 g/mol. The van der Waals surface area contributed by atoms with Crippen LogP contribution in [0.15, 0.2) is 36.4 Å². The Morgan fingerprint density at radius 2 is 1.72 bits per heavy atom. The van der Waals surface area contributed by atoms with Crippen molar-refractivity contribution in [3.63, 3.8) is 0 Å². The summed E-state index contributed by atoms with van der Waals surface area (Å²) < 4.78 is 27.1. The van der Waals surface area contributed by atoms with Crippen LogP contribution in [0, 0.1) is 11.6 Å². The van der Waals surface area contributed by atoms with Crippen molar-refractivity contribution in [3.05, 3.63) is 48.0 Å². The van der Waals surface area contributed by atoms with Crippen LogP contribution in [-0.4, -0.2) is 4.98 Å². The fourth-order valence-electron chi connectivity index (χ4n) is 1.73. The average molecular weight is 262 g/mol. The van der Waals surface area contributed by atoms with E-state index in [-0.39, 0.29) is 11.6 Å². The molecule has 0 saturated heterocycles. The van der Waals surface area contributed by atoms with Gasteiger partial charge in [-0.1, -0.05) is 0 Å². The van der Waals surface area contributed by atoms with E-state index < -0.39 is 0 Å². The third-order valence-corrected chi connectivity index (χ3v) is 3.67. The van der Waals surface area contributed by atoms with E-state index in [4.69, 9.17) is 5.73 Å². The molecule has 0 unspecified atom stereocenters. The molecule has 2 nitrogen and oxygen atoms in total. The predicted octanol–water partition coefficient (Wildman–Crippen LogP) is 3.82. The lowest BCUT2D eigenvalue weighted by molar-refractivity contribution is 0.628. The normalized spacial score (nSPS) is 11.0. The molecule has 0 aliphatic rings. The Labute approximate surface area is 106 Å². The van der Waals surface area contributed by atoms with Crippen molar-refractivity contribution >= 4 is 27.2 Å². The number of rotatable bonds is 1. The minimum atomic E-state index is -0.371. The second-order valence-corrected chi connectivity index (χ2v) is 4.89. The van der Waals surface area contributed by atoms with Crippen LogP contribution < -0.4 is 5.73 Å². The van der Waals surface area contributed by atoms with Gasteiger partial charge >= 0.3 is 0 Å². The molecule has 0 bridgehead atoms. The maximum Gasteiger partial charge on any atom is 0.126 e. The SMILES string of the molecule is Nc1ccc(F)cc1-c1nc2cc(F)ccc2s1. The number of anilines is 1. The predicted molar refractivity (Wildman–Crippen MR) is 69.4 cm³/mol. The van der Waals surface area contributed by atoms with Gasteiger partial charge in [0, 0.05) is 17.3 Å². The van der Waals surface area contributed by atoms with E-state index >= 15 is 0 Å². The molecule has 0 fully saturated rings. The second-order valence-electron chi connectivity index (χ2n) is 3.86. The number of nitrogens with two attached hydrogens (primary N) is 1. The summed E-state index contributed by atoms with van der Waals surface area (Å²) in [5.74, 6) is -0.712. The van der Waals surface area contributed by atoms with Crippen molar-refractivity contribution in [3.8, 4) is 10.6 Å². The van der Waals surface area contributed by atoms with Gasteiger partial charge in [0.25, 0.3) is 0 Å². The van der Waals surface area contributed by atoms with E-state index in [1.54, 1.807) is 6.07 Å². The molecular weight excluding hydrogens is 254 g/mol. The molecule has 0 spiro atoms. The summed E-state index contributed by atoms with van der Waals surface area (Å²) in [6.07, 6.45) is 0. The molecule has 3 aromatic rings. The summed E-state index contributed by atoms with van der Waals surface area (Å²) >= 11 is 1.36. The van der Waals surface area contributed by atoms with Gasteiger partial charge in [0.05, 0.1) is 10.2 Å². The molecule has 0 aliphatic heterocycles. The number of hydrogen-bond acceptors (Lipinski definition) is 3. The summed E-state index contributed by atoms with van der Waals surface area (Å²) in [6, 6.07) is 8.51. The summed E-state index contributed by atoms with van der Waals surface area (Å²) in [4.78, 5) is 4.28. The van der Waals surface area contributed by atoms with Gasteiger partial charge in [-0.2, -0.15) is 0 Å². The standard InChI is InChI=1S/C13H8F2N2S/c14-7-1-3-10(16)9(5-7)13-17-11-6-8(15)2-4-12(11)18-13/h1-6H,16H2. The summed E-state index contributed by atoms with van der Waals surface area (Å²) in [6.45, 7) is 0. The van der Waals surface area contributed by atoms with Crippen molar-refractivity contribution < 1.29 is 8.78 Å². The van der Waals surface area contributed by atoms with Gasteiger partial charge in [0.15, 0.2) is 0 Å². The van der Waals surface area contributed by atoms with E-state index in [2.05, 4.69) is 4.98 Å². The summed E-state index contributed by atoms with van der Waals surface area (Å²) in [5.41, 5.74) is 7.35. The van der Waals surface area contributed by atoms with Gasteiger partial charge in [-0.15, -0.1) is 11.3 Å². The molecule has 0 radical (unpaired) electrons. The second kappa shape index (κ2) is 4.03. The van der Waals surface area contributed by atoms with E-state index in [0.29, 0.717) is 21.8 Å². The van der Waals surface area contributed by atoms with Crippen LogP contribution in [0.1, 0.15) is 0 Å². The Morgan fingerprint density at radius 1 is 1.00 bits per heavy atom. The van der Waals surface area contributed by atoms with E-state index in [1.165, 1.54) is 41.7 Å². The Morgan fingerprint density at radius 3 is 2.56 bits per heavy atom. The fourth-order valence-corrected chi connectivity index (χ4v) is 2.71. The first-order valence-electron chi connectivity index (χ1n) is 5.25. The lowest BCUT2D eigenvalue weighted by atomic mass is 10.2. The number of fused-ring (bicyclic) bond motifs is 1. The smallest absolute Gasteiger partial charge is 0.126 e. The Hall–Kier alpha value is -2.01. The lowest BCUT2D eigenvalue weighted by Crippen LogP contribution is -1.90. The van der Waals surface area contributed by atoms with Crippen LogP contribution in [0.25, 0.3) is 20.8 Å². The van der Waals surface area contributed by atoms with Crippen LogP contribution >= 0.6 is 11.3 Å². The quantitative estimate of drug-likeness (QED) is 0.677. The molecule has 2 aromatic carbocycles. The highest BCUT2D eigenvalue weighted by molar-refractivity contribution is 7.21. The van der Waals surface area contributed by atoms with Crippen LogP contribution in [0.4, 0.5) is 14.5 Å². The molecule has 2 N–H and O–H groups in total. The van der Waals surface area contributed by atoms with E-state index in [1.807, 2.05) is 0 Å². The first-order chi connectivity index (χ1) is 8.63. The average Bonchev–Trinajstić information content (AvgIpc) is 2.74. The topological polar surface area (TPSA) is 38.9 Å². The molecule has 1 aromatic heterocycles. The van der Waals surface area contributed by atoms with Gasteiger partial charge in [0.1, 0.15) is 16.6 Å². The zero-order chi connectivity index (χ0) is 12.7. The highest BCUT2D eigenvalue weighted by Crippen LogP contribution is 2.33. The number of halogens is 2. The molecule has 0 saturated carbocycles. The molecule has 18 heavy (non-hydrogen) atoms. The zero-order valence-electron chi connectivity index (χ0n) is 9.15. The van der Waals surface area contributed by atoms with Crippen LogP contribution in [-0.2, 0) is 0 Å². The van der Waals surface area contributed by atoms with Gasteiger partial charge in [-0.25, -0.2) is 13.8 Å². The van der Waals surface area contributed by atoms with Crippen LogP contribution in [0.2, 0.25) is 0 Å². The molecular formula is C13H8F2N2S. The molecule has 0 amide bonds. The zero-order valence-corrected chi connectivity index (χ0v) is 9.97. The number of aromatic nitrogens is 1. The maximum atomic E-state index is 13.2. The molecule has 0 aliphatic carbocycles. The number of nitrogens with zero attached hydrogens (tertiary/aromatic N) is 1. The van der Waals surface area contributed by atoms with Crippen molar-refractivity contribution in [2.24, 2.45) is 0 Å². The van der Waals surface area contributed by atoms with Gasteiger partial charge in [0.2, 0.25) is 0 Å². The third-order valence-electron chi connectivity index (χ3n) is 2.60. The van der Waals surface area contributed by atoms with Crippen molar-refractivity contribution in [1.29, 1.82) is 0 Å². The number of thiazole rings is 1. The van der Waals surface area contributed by atoms with E-state index in [0.717, 1.165) is 4.70 Å². The maximum absolute atomic E-state index is 13.2. The Balaban J connectivity index is 2.22. The highest BCUT2D eigenvalue weighted by atomic mass is 32.1. The summed E-state index contributed by atoms with van der Waals surface area (Å²) in [7, 11) is 0. The minimum absolute atomic E-state index is 0.341. The molecule has 5 heteroatoms.